The molecule has 0 unspecified atom stereocenters. The molecule has 0 saturated carbocycles. The minimum atomic E-state index is -0.793. The van der Waals surface area contributed by atoms with Gasteiger partial charge in [0.15, 0.2) is 0 Å². The number of halogens is 2. The molecule has 0 bridgehead atoms. The van der Waals surface area contributed by atoms with Gasteiger partial charge in [-0.1, -0.05) is 11.6 Å². The summed E-state index contributed by atoms with van der Waals surface area (Å²) in [5.41, 5.74) is -0.0809. The van der Waals surface area contributed by atoms with E-state index in [4.69, 9.17) is 11.6 Å². The number of nitrogens with one attached hydrogen (secondary N) is 1. The van der Waals surface area contributed by atoms with Crippen LogP contribution in [0, 0.1) is 15.9 Å². The summed E-state index contributed by atoms with van der Waals surface area (Å²) in [5, 5.41) is 13.6. The molecular weight excluding hydrogens is 273 g/mol. The Kier molecular flexibility index (Phi) is 5.50. The molecule has 7 heteroatoms. The number of nitro groups is 1. The molecule has 0 amide bonds. The molecule has 106 valence electrons. The highest BCUT2D eigenvalue weighted by atomic mass is 35.5. The van der Waals surface area contributed by atoms with Crippen molar-refractivity contribution >= 4 is 23.0 Å². The number of benzene rings is 1. The molecule has 1 aromatic carbocycles. The highest BCUT2D eigenvalue weighted by Crippen LogP contribution is 2.30. The number of rotatable bonds is 6. The van der Waals surface area contributed by atoms with Crippen LogP contribution in [-0.4, -0.2) is 36.0 Å². The van der Waals surface area contributed by atoms with E-state index >= 15 is 0 Å². The van der Waals surface area contributed by atoms with Gasteiger partial charge in [0, 0.05) is 19.1 Å². The first-order valence-corrected chi connectivity index (χ1v) is 6.28. The lowest BCUT2D eigenvalue weighted by molar-refractivity contribution is -0.384. The monoisotopic (exact) mass is 289 g/mol. The zero-order valence-corrected chi connectivity index (χ0v) is 11.9. The fraction of sp³-hybridized carbons (Fsp3) is 0.500. The lowest BCUT2D eigenvalue weighted by Crippen LogP contribution is -2.31. The quantitative estimate of drug-likeness (QED) is 0.646. The second-order valence-electron chi connectivity index (χ2n) is 4.54. The number of nitro benzene ring substituents is 1. The van der Waals surface area contributed by atoms with Crippen LogP contribution < -0.4 is 5.32 Å². The Morgan fingerprint density at radius 1 is 1.53 bits per heavy atom. The maximum Gasteiger partial charge on any atom is 0.295 e. The van der Waals surface area contributed by atoms with Crippen molar-refractivity contribution in [3.63, 3.8) is 0 Å². The summed E-state index contributed by atoms with van der Waals surface area (Å²) in [4.78, 5) is 12.3. The van der Waals surface area contributed by atoms with Gasteiger partial charge in [-0.05, 0) is 27.0 Å². The first-order valence-electron chi connectivity index (χ1n) is 5.90. The second-order valence-corrected chi connectivity index (χ2v) is 4.95. The van der Waals surface area contributed by atoms with E-state index in [1.54, 1.807) is 0 Å². The van der Waals surface area contributed by atoms with Crippen LogP contribution in [-0.2, 0) is 0 Å². The summed E-state index contributed by atoms with van der Waals surface area (Å²) in [5.74, 6) is -0.793. The van der Waals surface area contributed by atoms with Crippen molar-refractivity contribution in [1.29, 1.82) is 0 Å². The standard InChI is InChI=1S/C12H17ClFN3O2/c1-8(2)16(3)5-4-15-11-6-9(13)10(14)7-12(11)17(18)19/h6-8,15H,4-5H2,1-3H3. The summed E-state index contributed by atoms with van der Waals surface area (Å²) in [6.07, 6.45) is 0. The van der Waals surface area contributed by atoms with Gasteiger partial charge in [-0.25, -0.2) is 4.39 Å². The van der Waals surface area contributed by atoms with Gasteiger partial charge in [-0.2, -0.15) is 0 Å². The van der Waals surface area contributed by atoms with Crippen LogP contribution in [0.1, 0.15) is 13.8 Å². The summed E-state index contributed by atoms with van der Waals surface area (Å²) in [6.45, 7) is 5.33. The van der Waals surface area contributed by atoms with E-state index in [9.17, 15) is 14.5 Å². The maximum absolute atomic E-state index is 13.2. The van der Waals surface area contributed by atoms with Gasteiger partial charge < -0.3 is 10.2 Å². The zero-order valence-electron chi connectivity index (χ0n) is 11.1. The van der Waals surface area contributed by atoms with Crippen molar-refractivity contribution in [2.45, 2.75) is 19.9 Å². The largest absolute Gasteiger partial charge is 0.378 e. The smallest absolute Gasteiger partial charge is 0.295 e. The SMILES string of the molecule is CC(C)N(C)CCNc1cc(Cl)c(F)cc1[N+](=O)[O-]. The van der Waals surface area contributed by atoms with E-state index < -0.39 is 10.7 Å². The van der Waals surface area contributed by atoms with Crippen LogP contribution >= 0.6 is 11.6 Å². The van der Waals surface area contributed by atoms with Crippen LogP contribution in [0.3, 0.4) is 0 Å². The molecule has 5 nitrogen and oxygen atoms in total. The topological polar surface area (TPSA) is 58.4 Å². The second kappa shape index (κ2) is 6.68. The third-order valence-corrected chi connectivity index (χ3v) is 3.19. The third-order valence-electron chi connectivity index (χ3n) is 2.90. The van der Waals surface area contributed by atoms with Crippen molar-refractivity contribution in [3.8, 4) is 0 Å². The van der Waals surface area contributed by atoms with E-state index in [1.165, 1.54) is 6.07 Å². The Hall–Kier alpha value is -1.40. The number of likely N-dealkylation sites (N-methyl/N-ethyl adjacent to an activating group) is 1. The molecule has 0 aromatic heterocycles. The summed E-state index contributed by atoms with van der Waals surface area (Å²) >= 11 is 5.63. The Morgan fingerprint density at radius 2 is 2.16 bits per heavy atom. The fourth-order valence-electron chi connectivity index (χ4n) is 1.45. The third kappa shape index (κ3) is 4.33. The van der Waals surface area contributed by atoms with Gasteiger partial charge in [0.05, 0.1) is 16.0 Å². The number of hydrogen-bond donors (Lipinski definition) is 1. The van der Waals surface area contributed by atoms with Crippen molar-refractivity contribution in [2.24, 2.45) is 0 Å². The first kappa shape index (κ1) is 15.7. The van der Waals surface area contributed by atoms with Gasteiger partial charge in [-0.15, -0.1) is 0 Å². The molecular formula is C12H17ClFN3O2. The molecule has 1 aromatic rings. The van der Waals surface area contributed by atoms with Crippen molar-refractivity contribution in [1.82, 2.24) is 4.90 Å². The molecule has 1 N–H and O–H groups in total. The summed E-state index contributed by atoms with van der Waals surface area (Å²) in [7, 11) is 1.96. The van der Waals surface area contributed by atoms with Crippen LogP contribution in [0.15, 0.2) is 12.1 Å². The molecule has 0 heterocycles. The lowest BCUT2D eigenvalue weighted by Gasteiger charge is -2.21. The molecule has 0 aliphatic heterocycles. The van der Waals surface area contributed by atoms with Crippen LogP contribution in [0.5, 0.6) is 0 Å². The average molecular weight is 290 g/mol. The minimum Gasteiger partial charge on any atom is -0.378 e. The van der Waals surface area contributed by atoms with Crippen LogP contribution in [0.2, 0.25) is 5.02 Å². The highest BCUT2D eigenvalue weighted by Gasteiger charge is 2.17. The van der Waals surface area contributed by atoms with Crippen LogP contribution in [0.4, 0.5) is 15.8 Å². The molecule has 1 rings (SSSR count). The number of anilines is 1. The van der Waals surface area contributed by atoms with Gasteiger partial charge in [-0.3, -0.25) is 10.1 Å². The molecule has 0 saturated heterocycles. The van der Waals surface area contributed by atoms with Crippen molar-refractivity contribution in [3.05, 3.63) is 33.1 Å². The van der Waals surface area contributed by atoms with E-state index in [0.29, 0.717) is 19.1 Å². The predicted octanol–water partition coefficient (Wildman–Crippen LogP) is 3.14. The molecule has 0 aliphatic carbocycles. The molecule has 0 aliphatic rings. The summed E-state index contributed by atoms with van der Waals surface area (Å²) < 4.78 is 13.2. The van der Waals surface area contributed by atoms with Crippen LogP contribution in [0.25, 0.3) is 0 Å². The molecule has 0 fully saturated rings. The molecule has 0 radical (unpaired) electrons. The Morgan fingerprint density at radius 3 is 2.68 bits per heavy atom. The minimum absolute atomic E-state index is 0.134. The normalized spacial score (nSPS) is 11.1. The first-order chi connectivity index (χ1) is 8.82. The molecule has 0 spiro atoms. The molecule has 0 atom stereocenters. The maximum atomic E-state index is 13.2. The Labute approximate surface area is 116 Å². The lowest BCUT2D eigenvalue weighted by atomic mass is 10.2. The van der Waals surface area contributed by atoms with Gasteiger partial charge >= 0.3 is 0 Å². The zero-order chi connectivity index (χ0) is 14.6. The highest BCUT2D eigenvalue weighted by molar-refractivity contribution is 6.31. The van der Waals surface area contributed by atoms with E-state index in [1.807, 2.05) is 7.05 Å². The van der Waals surface area contributed by atoms with E-state index in [0.717, 1.165) is 6.07 Å². The van der Waals surface area contributed by atoms with Crippen molar-refractivity contribution in [2.75, 3.05) is 25.5 Å². The Bertz CT molecular complexity index is 469. The average Bonchev–Trinajstić information content (AvgIpc) is 2.32. The van der Waals surface area contributed by atoms with Gasteiger partial charge in [0.25, 0.3) is 5.69 Å². The van der Waals surface area contributed by atoms with Crippen molar-refractivity contribution < 1.29 is 9.31 Å². The molecule has 19 heavy (non-hydrogen) atoms. The Balaban J connectivity index is 2.77. The van der Waals surface area contributed by atoms with Gasteiger partial charge in [0.1, 0.15) is 11.5 Å². The van der Waals surface area contributed by atoms with Gasteiger partial charge in [0.2, 0.25) is 0 Å². The predicted molar refractivity (Wildman–Crippen MR) is 74.3 cm³/mol. The number of nitrogens with zero attached hydrogens (tertiary/aromatic N) is 2. The van der Waals surface area contributed by atoms with E-state index in [-0.39, 0.29) is 16.4 Å². The fourth-order valence-corrected chi connectivity index (χ4v) is 1.62. The van der Waals surface area contributed by atoms with E-state index in [2.05, 4.69) is 24.1 Å². The number of hydrogen-bond acceptors (Lipinski definition) is 4. The summed E-state index contributed by atoms with van der Waals surface area (Å²) in [6, 6.07) is 2.45.